The topological polar surface area (TPSA) is 314 Å². The van der Waals surface area contributed by atoms with Crippen molar-refractivity contribution in [2.45, 2.75) is 101 Å². The van der Waals surface area contributed by atoms with Gasteiger partial charge in [0.05, 0.1) is 12.4 Å². The molecular weight excluding hydrogens is 893 g/mol. The van der Waals surface area contributed by atoms with Gasteiger partial charge in [-0.15, -0.1) is 0 Å². The first-order valence-electron chi connectivity index (χ1n) is 23.3. The molecule has 19 nitrogen and oxygen atoms in total. The van der Waals surface area contributed by atoms with Gasteiger partial charge in [-0.25, -0.2) is 4.98 Å². The van der Waals surface area contributed by atoms with Gasteiger partial charge in [0.25, 0.3) is 0 Å². The Balaban J connectivity index is 1.25. The summed E-state index contributed by atoms with van der Waals surface area (Å²) in [6.45, 7) is 3.31. The van der Waals surface area contributed by atoms with Crippen LogP contribution in [0.15, 0.2) is 116 Å². The van der Waals surface area contributed by atoms with Crippen LogP contribution in [0.3, 0.4) is 0 Å². The van der Waals surface area contributed by atoms with Gasteiger partial charge in [-0.2, -0.15) is 0 Å². The molecule has 70 heavy (non-hydrogen) atoms. The zero-order valence-corrected chi connectivity index (χ0v) is 39.2. The van der Waals surface area contributed by atoms with E-state index in [-0.39, 0.29) is 32.1 Å². The maximum atomic E-state index is 14.5. The molecule has 0 fully saturated rings. The van der Waals surface area contributed by atoms with Gasteiger partial charge >= 0.3 is 0 Å². The van der Waals surface area contributed by atoms with Crippen LogP contribution < -0.4 is 49.1 Å². The molecule has 0 saturated heterocycles. The first kappa shape index (κ1) is 51.5. The van der Waals surface area contributed by atoms with E-state index in [0.29, 0.717) is 41.8 Å². The number of primary amides is 1. The molecule has 2 aromatic heterocycles. The molecule has 7 atom stereocenters. The van der Waals surface area contributed by atoms with E-state index in [1.807, 2.05) is 72.8 Å². The number of aromatic nitrogens is 3. The number of nitrogens with zero attached hydrogens (tertiary/aromatic N) is 1. The second-order valence-electron chi connectivity index (χ2n) is 17.4. The van der Waals surface area contributed by atoms with Crippen molar-refractivity contribution in [2.75, 3.05) is 6.54 Å². The van der Waals surface area contributed by atoms with Crippen molar-refractivity contribution in [3.8, 4) is 0 Å². The Morgan fingerprint density at radius 3 is 1.80 bits per heavy atom. The number of fused-ring (bicyclic) bond motifs is 2. The summed E-state index contributed by atoms with van der Waals surface area (Å²) < 4.78 is 0. The molecule has 19 heteroatoms. The van der Waals surface area contributed by atoms with E-state index in [2.05, 4.69) is 46.9 Å². The Labute approximate surface area is 405 Å². The molecule has 0 spiro atoms. The first-order valence-corrected chi connectivity index (χ1v) is 23.3. The average molecular weight is 955 g/mol. The quantitative estimate of drug-likeness (QED) is 0.0365. The number of aromatic amines is 2. The maximum Gasteiger partial charge on any atom is 0.243 e. The summed E-state index contributed by atoms with van der Waals surface area (Å²) in [7, 11) is 0. The molecule has 4 aromatic carbocycles. The van der Waals surface area contributed by atoms with E-state index in [0.717, 1.165) is 21.7 Å². The highest BCUT2D eigenvalue weighted by Gasteiger charge is 2.33. The molecule has 6 aromatic rings. The van der Waals surface area contributed by atoms with Crippen molar-refractivity contribution < 1.29 is 33.6 Å². The van der Waals surface area contributed by atoms with Crippen LogP contribution in [-0.2, 0) is 59.2 Å². The molecule has 0 saturated carbocycles. The van der Waals surface area contributed by atoms with Gasteiger partial charge in [-0.05, 0) is 73.2 Å². The Hall–Kier alpha value is -7.90. The van der Waals surface area contributed by atoms with Crippen LogP contribution in [0.5, 0.6) is 0 Å². The molecular formula is C51H62N12O7. The number of amides is 7. The fourth-order valence-corrected chi connectivity index (χ4v) is 8.00. The average Bonchev–Trinajstić information content (AvgIpc) is 4.03. The highest BCUT2D eigenvalue weighted by Crippen LogP contribution is 2.20. The lowest BCUT2D eigenvalue weighted by molar-refractivity contribution is -0.135. The zero-order valence-electron chi connectivity index (χ0n) is 39.2. The third-order valence-corrected chi connectivity index (χ3v) is 11.9. The van der Waals surface area contributed by atoms with Crippen LogP contribution in [-0.4, -0.2) is 105 Å². The van der Waals surface area contributed by atoms with Crippen LogP contribution >= 0.6 is 0 Å². The van der Waals surface area contributed by atoms with Gasteiger partial charge in [0, 0.05) is 54.7 Å². The minimum absolute atomic E-state index is 0.00167. The predicted octanol–water partition coefficient (Wildman–Crippen LogP) is 1.21. The molecule has 0 aliphatic rings. The summed E-state index contributed by atoms with van der Waals surface area (Å²) >= 11 is 0. The van der Waals surface area contributed by atoms with Crippen molar-refractivity contribution in [1.82, 2.24) is 46.9 Å². The Kier molecular flexibility index (Phi) is 18.3. The molecule has 0 radical (unpaired) electrons. The Bertz CT molecular complexity index is 2740. The Morgan fingerprint density at radius 1 is 0.571 bits per heavy atom. The number of carbonyl (C=O) groups excluding carboxylic acids is 7. The predicted molar refractivity (Wildman–Crippen MR) is 265 cm³/mol. The highest BCUT2D eigenvalue weighted by molar-refractivity contribution is 5.98. The summed E-state index contributed by atoms with van der Waals surface area (Å²) in [5.74, 6) is -4.87. The number of hydrogen-bond acceptors (Lipinski definition) is 10. The van der Waals surface area contributed by atoms with Crippen molar-refractivity contribution in [2.24, 2.45) is 17.2 Å². The lowest BCUT2D eigenvalue weighted by atomic mass is 10.00. The summed E-state index contributed by atoms with van der Waals surface area (Å²) in [4.78, 5) is 107. The SMILES string of the molecule is C[C@H](N)C(=O)N[C@@H](Cc1cnc[nH]1)C(=O)N[C@H](Cc1ccc2ccccc2c1)C(=O)N[C@@H](C)C(=O)N[C@@H](Cc1c[nH]c2ccccc12)C(=O)N[C@H](Cc1ccccc1)C(=O)N[C@@H](CCCCN)C(N)=O. The zero-order chi connectivity index (χ0) is 50.2. The van der Waals surface area contributed by atoms with E-state index < -0.39 is 83.6 Å². The van der Waals surface area contributed by atoms with Gasteiger partial charge < -0.3 is 59.1 Å². The highest BCUT2D eigenvalue weighted by atomic mass is 16.2. The van der Waals surface area contributed by atoms with Gasteiger partial charge in [0.1, 0.15) is 36.3 Å². The fourth-order valence-electron chi connectivity index (χ4n) is 8.00. The molecule has 14 N–H and O–H groups in total. The third kappa shape index (κ3) is 14.6. The van der Waals surface area contributed by atoms with E-state index in [1.165, 1.54) is 26.4 Å². The second-order valence-corrected chi connectivity index (χ2v) is 17.4. The molecule has 7 amide bonds. The molecule has 2 heterocycles. The van der Waals surface area contributed by atoms with E-state index in [1.54, 1.807) is 30.5 Å². The summed E-state index contributed by atoms with van der Waals surface area (Å²) in [6, 6.07) is 21.5. The number of hydrogen-bond donors (Lipinski definition) is 11. The van der Waals surface area contributed by atoms with Crippen LogP contribution in [0.4, 0.5) is 0 Å². The molecule has 0 aliphatic carbocycles. The lowest BCUT2D eigenvalue weighted by Gasteiger charge is -2.27. The van der Waals surface area contributed by atoms with Gasteiger partial charge in [0.2, 0.25) is 41.4 Å². The first-order chi connectivity index (χ1) is 33.7. The number of rotatable bonds is 25. The van der Waals surface area contributed by atoms with Gasteiger partial charge in [0.15, 0.2) is 0 Å². The van der Waals surface area contributed by atoms with E-state index in [4.69, 9.17) is 17.2 Å². The number of para-hydroxylation sites is 1. The van der Waals surface area contributed by atoms with Gasteiger partial charge in [-0.3, -0.25) is 33.6 Å². The fraction of sp³-hybridized carbons (Fsp3) is 0.333. The summed E-state index contributed by atoms with van der Waals surface area (Å²) in [6.07, 6.45) is 6.06. The number of H-pyrrole nitrogens is 2. The van der Waals surface area contributed by atoms with Crippen molar-refractivity contribution in [1.29, 1.82) is 0 Å². The molecule has 0 bridgehead atoms. The molecule has 0 unspecified atom stereocenters. The Morgan fingerprint density at radius 2 is 1.14 bits per heavy atom. The normalized spacial score (nSPS) is 14.2. The van der Waals surface area contributed by atoms with Gasteiger partial charge in [-0.1, -0.05) is 91.0 Å². The van der Waals surface area contributed by atoms with Crippen LogP contribution in [0, 0.1) is 0 Å². The van der Waals surface area contributed by atoms with Crippen LogP contribution in [0.25, 0.3) is 21.7 Å². The largest absolute Gasteiger partial charge is 0.368 e. The number of benzene rings is 4. The number of imidazole rings is 1. The van der Waals surface area contributed by atoms with Crippen molar-refractivity contribution in [3.05, 3.63) is 138 Å². The second kappa shape index (κ2) is 24.9. The molecule has 0 aliphatic heterocycles. The molecule has 6 rings (SSSR count). The van der Waals surface area contributed by atoms with E-state index in [9.17, 15) is 33.6 Å². The van der Waals surface area contributed by atoms with Crippen molar-refractivity contribution in [3.63, 3.8) is 0 Å². The lowest BCUT2D eigenvalue weighted by Crippen LogP contribution is -2.60. The number of carbonyl (C=O) groups is 7. The summed E-state index contributed by atoms with van der Waals surface area (Å²) in [5, 5.41) is 19.2. The number of nitrogens with two attached hydrogens (primary N) is 3. The van der Waals surface area contributed by atoms with Crippen LogP contribution in [0.1, 0.15) is 55.5 Å². The third-order valence-electron chi connectivity index (χ3n) is 11.9. The van der Waals surface area contributed by atoms with Crippen LogP contribution in [0.2, 0.25) is 0 Å². The van der Waals surface area contributed by atoms with E-state index >= 15 is 0 Å². The standard InChI is InChI=1S/C51H62N12O7/c1-30(53)46(65)60-44(26-37-28-55-29-57-37)51(70)63-42(24-33-19-20-34-14-6-7-15-35(34)22-33)48(67)58-31(2)47(66)61-43(25-36-27-56-39-17-9-8-16-38(36)39)50(69)62-41(23-32-12-4-3-5-13-32)49(68)59-40(45(54)64)18-10-11-21-52/h3-9,12-17,19-20,22,27-31,40-44,56H,10-11,18,21,23-26,52-53H2,1-2H3,(H2,54,64)(H,55,57)(H,58,67)(H,59,68)(H,60,65)(H,61,66)(H,62,69)(H,63,70)/t30-,31-,40-,41+,42+,43-,44-/m0/s1. The smallest absolute Gasteiger partial charge is 0.243 e. The monoisotopic (exact) mass is 954 g/mol. The number of unbranched alkanes of at least 4 members (excludes halogenated alkanes) is 1. The maximum absolute atomic E-state index is 14.5. The summed E-state index contributed by atoms with van der Waals surface area (Å²) in [5.41, 5.74) is 20.6. The minimum atomic E-state index is -1.29. The number of nitrogens with one attached hydrogen (secondary N) is 8. The van der Waals surface area contributed by atoms with Crippen molar-refractivity contribution >= 4 is 63.0 Å². The minimum Gasteiger partial charge on any atom is -0.368 e. The molecule has 368 valence electrons.